The lowest BCUT2D eigenvalue weighted by molar-refractivity contribution is -0.661. The van der Waals surface area contributed by atoms with Crippen molar-refractivity contribution in [3.05, 3.63) is 94.6 Å². The maximum Gasteiger partial charge on any atom is 0.335 e. The molecule has 0 amide bonds. The van der Waals surface area contributed by atoms with Crippen molar-refractivity contribution in [3.8, 4) is 0 Å². The monoisotopic (exact) mass is 498 g/mol. The van der Waals surface area contributed by atoms with Crippen LogP contribution in [0.4, 0.5) is 0 Å². The van der Waals surface area contributed by atoms with E-state index in [0.29, 0.717) is 12.1 Å². The Morgan fingerprint density at radius 2 is 1.83 bits per heavy atom. The molecule has 35 heavy (non-hydrogen) atoms. The summed E-state index contributed by atoms with van der Waals surface area (Å²) in [6, 6.07) is 14.7. The van der Waals surface area contributed by atoms with Gasteiger partial charge in [0.2, 0.25) is 0 Å². The fourth-order valence-corrected chi connectivity index (χ4v) is 5.37. The molecule has 0 radical (unpaired) electrons. The zero-order valence-corrected chi connectivity index (χ0v) is 21.4. The smallest absolute Gasteiger partial charge is 0.335 e. The molecule has 4 N–H and O–H groups in total. The van der Waals surface area contributed by atoms with Gasteiger partial charge in [-0.15, -0.1) is 0 Å². The number of hydrogen-bond acceptors (Lipinski definition) is 4. The number of aliphatic hydroxyl groups excluding tert-OH is 1. The summed E-state index contributed by atoms with van der Waals surface area (Å²) >= 11 is 0. The summed E-state index contributed by atoms with van der Waals surface area (Å²) in [7, 11) is -3.43. The number of carbonyl (C=O) groups is 1. The molecule has 3 unspecified atom stereocenters. The van der Waals surface area contributed by atoms with Crippen molar-refractivity contribution in [1.82, 2.24) is 0 Å². The highest BCUT2D eigenvalue weighted by Gasteiger charge is 2.24. The number of rotatable bonds is 11. The molecule has 1 aliphatic rings. The van der Waals surface area contributed by atoms with E-state index in [4.69, 9.17) is 0 Å². The minimum atomic E-state index is -3.43. The van der Waals surface area contributed by atoms with Crippen LogP contribution in [0.25, 0.3) is 0 Å². The van der Waals surface area contributed by atoms with Crippen molar-refractivity contribution in [2.75, 3.05) is 13.1 Å². The molecule has 0 aliphatic heterocycles. The molecule has 1 aliphatic carbocycles. The number of carboxylic acid groups (broad SMARTS) is 1. The van der Waals surface area contributed by atoms with Crippen LogP contribution in [0.5, 0.6) is 0 Å². The molecule has 3 rings (SSSR count). The lowest BCUT2D eigenvalue weighted by atomic mass is 9.81. The number of benzene rings is 2. The van der Waals surface area contributed by atoms with Gasteiger partial charge in [0.05, 0.1) is 23.1 Å². The van der Waals surface area contributed by atoms with Crippen LogP contribution in [0.15, 0.2) is 72.3 Å². The summed E-state index contributed by atoms with van der Waals surface area (Å²) in [4.78, 5) is 11.7. The number of quaternary nitrogens is 1. The van der Waals surface area contributed by atoms with E-state index in [0.717, 1.165) is 24.1 Å². The summed E-state index contributed by atoms with van der Waals surface area (Å²) in [5, 5.41) is 21.4. The van der Waals surface area contributed by atoms with Gasteiger partial charge in [0.25, 0.3) is 0 Å². The zero-order valence-electron chi connectivity index (χ0n) is 20.6. The molecule has 0 saturated carbocycles. The Bertz CT molecular complexity index is 1190. The van der Waals surface area contributed by atoms with Gasteiger partial charge >= 0.3 is 5.97 Å². The van der Waals surface area contributed by atoms with Crippen LogP contribution in [0.1, 0.15) is 66.3 Å². The van der Waals surface area contributed by atoms with Crippen molar-refractivity contribution in [1.29, 1.82) is 0 Å². The summed E-state index contributed by atoms with van der Waals surface area (Å²) in [5.74, 6) is -1.16. The second-order valence-corrected chi connectivity index (χ2v) is 12.1. The van der Waals surface area contributed by atoms with Crippen molar-refractivity contribution < 1.29 is 28.7 Å². The first kappa shape index (κ1) is 26.9. The van der Waals surface area contributed by atoms with E-state index >= 15 is 0 Å². The van der Waals surface area contributed by atoms with Crippen LogP contribution in [0.3, 0.4) is 0 Å². The number of nitrogens with two attached hydrogens (primary N) is 1. The molecule has 6 nitrogen and oxygen atoms in total. The van der Waals surface area contributed by atoms with Crippen molar-refractivity contribution in [3.63, 3.8) is 0 Å². The molecule has 7 heteroatoms. The second-order valence-electron chi connectivity index (χ2n) is 9.55. The van der Waals surface area contributed by atoms with E-state index in [2.05, 4.69) is 30.5 Å². The van der Waals surface area contributed by atoms with E-state index in [-0.39, 0.29) is 23.2 Å². The number of aromatic carboxylic acids is 1. The predicted octanol–water partition coefficient (Wildman–Crippen LogP) is 3.61. The van der Waals surface area contributed by atoms with Crippen LogP contribution in [0, 0.1) is 5.92 Å². The van der Waals surface area contributed by atoms with E-state index in [1.54, 1.807) is 26.0 Å². The van der Waals surface area contributed by atoms with Gasteiger partial charge in [-0.25, -0.2) is 13.2 Å². The molecule has 2 aromatic rings. The molecule has 0 saturated heterocycles. The fourth-order valence-electron chi connectivity index (χ4n) is 4.37. The Balaban J connectivity index is 1.63. The summed E-state index contributed by atoms with van der Waals surface area (Å²) < 4.78 is 25.0. The van der Waals surface area contributed by atoms with E-state index in [9.17, 15) is 23.4 Å². The lowest BCUT2D eigenvalue weighted by Crippen LogP contribution is -2.85. The molecular formula is C28H36NO5S+. The lowest BCUT2D eigenvalue weighted by Gasteiger charge is -2.24. The predicted molar refractivity (Wildman–Crippen MR) is 138 cm³/mol. The van der Waals surface area contributed by atoms with Crippen LogP contribution in [0.2, 0.25) is 0 Å². The third-order valence-corrected chi connectivity index (χ3v) is 8.74. The van der Waals surface area contributed by atoms with Gasteiger partial charge in [0.15, 0.2) is 9.84 Å². The van der Waals surface area contributed by atoms with Gasteiger partial charge in [-0.3, -0.25) is 0 Å². The van der Waals surface area contributed by atoms with Gasteiger partial charge in [0, 0.05) is 12.3 Å². The van der Waals surface area contributed by atoms with Crippen LogP contribution >= 0.6 is 0 Å². The van der Waals surface area contributed by atoms with Gasteiger partial charge in [-0.2, -0.15) is 0 Å². The number of carboxylic acids is 1. The van der Waals surface area contributed by atoms with Crippen LogP contribution in [-0.4, -0.2) is 42.9 Å². The number of aliphatic hydroxyl groups is 1. The minimum absolute atomic E-state index is 0.0369. The van der Waals surface area contributed by atoms with Crippen molar-refractivity contribution in [2.45, 2.75) is 50.2 Å². The SMILES string of the molecule is CC1C=C(CC[NH2+]CC(O)c2ccccc2)C=CC1c1ccc(C(=O)O)c(CS(=O)(=O)C(C)C)c1. The van der Waals surface area contributed by atoms with Crippen molar-refractivity contribution in [2.24, 2.45) is 5.92 Å². The van der Waals surface area contributed by atoms with Crippen LogP contribution < -0.4 is 5.32 Å². The second kappa shape index (κ2) is 11.8. The fraction of sp³-hybridized carbons (Fsp3) is 0.393. The number of hydrogen-bond donors (Lipinski definition) is 3. The number of sulfone groups is 1. The quantitative estimate of drug-likeness (QED) is 0.410. The van der Waals surface area contributed by atoms with E-state index in [1.807, 2.05) is 30.3 Å². The Kier molecular flexibility index (Phi) is 9.05. The largest absolute Gasteiger partial charge is 0.478 e. The standard InChI is InChI=1S/C28H35NO5S/c1-19(2)35(33,34)18-24-16-23(10-12-26(24)28(31)32)25-11-9-21(15-20(25)3)13-14-29-17-27(30)22-7-5-4-6-8-22/h4-12,15-16,19-20,25,27,29-30H,13-14,17-18H2,1-3H3,(H,31,32)/p+1. The highest BCUT2D eigenvalue weighted by atomic mass is 32.2. The molecule has 0 spiro atoms. The van der Waals surface area contributed by atoms with Gasteiger partial charge in [-0.1, -0.05) is 67.6 Å². The topological polar surface area (TPSA) is 108 Å². The summed E-state index contributed by atoms with van der Waals surface area (Å²) in [5.41, 5.74) is 3.44. The average Bonchev–Trinajstić information content (AvgIpc) is 2.81. The molecule has 0 aromatic heterocycles. The molecule has 0 heterocycles. The number of allylic oxidation sites excluding steroid dienone is 3. The molecule has 2 aromatic carbocycles. The Hall–Kier alpha value is -2.74. The van der Waals surface area contributed by atoms with E-state index < -0.39 is 27.2 Å². The van der Waals surface area contributed by atoms with Crippen LogP contribution in [-0.2, 0) is 15.6 Å². The minimum Gasteiger partial charge on any atom is -0.478 e. The first-order chi connectivity index (χ1) is 16.6. The van der Waals surface area contributed by atoms with Crippen molar-refractivity contribution >= 4 is 15.8 Å². The first-order valence-corrected chi connectivity index (χ1v) is 13.8. The van der Waals surface area contributed by atoms with Gasteiger partial charge in [0.1, 0.15) is 12.6 Å². The third-order valence-electron chi connectivity index (χ3n) is 6.59. The Labute approximate surface area is 208 Å². The van der Waals surface area contributed by atoms with Gasteiger partial charge in [-0.05, 0) is 48.1 Å². The summed E-state index contributed by atoms with van der Waals surface area (Å²) in [6.45, 7) is 6.81. The highest BCUT2D eigenvalue weighted by molar-refractivity contribution is 7.91. The van der Waals surface area contributed by atoms with Gasteiger partial charge < -0.3 is 15.5 Å². The summed E-state index contributed by atoms with van der Waals surface area (Å²) in [6.07, 6.45) is 6.84. The average molecular weight is 499 g/mol. The molecule has 0 fully saturated rings. The molecule has 3 atom stereocenters. The third kappa shape index (κ3) is 7.13. The van der Waals surface area contributed by atoms with E-state index in [1.165, 1.54) is 11.6 Å². The Morgan fingerprint density at radius 1 is 1.11 bits per heavy atom. The normalized spacial score (nSPS) is 18.9. The zero-order chi connectivity index (χ0) is 25.6. The molecule has 0 bridgehead atoms. The molecule has 188 valence electrons. The maximum atomic E-state index is 12.5. The maximum absolute atomic E-state index is 12.5. The highest BCUT2D eigenvalue weighted by Crippen LogP contribution is 2.34. The first-order valence-electron chi connectivity index (χ1n) is 12.1. The Morgan fingerprint density at radius 3 is 2.46 bits per heavy atom. The molecular weight excluding hydrogens is 462 g/mol.